The molecule has 0 spiro atoms. The van der Waals surface area contributed by atoms with E-state index in [1.165, 1.54) is 6.42 Å². The topological polar surface area (TPSA) is 20.3 Å². The molecule has 0 radical (unpaired) electrons. The minimum Gasteiger partial charge on any atom is -0.342 e. The Kier molecular flexibility index (Phi) is 4.68. The van der Waals surface area contributed by atoms with E-state index in [-0.39, 0.29) is 5.91 Å². The Morgan fingerprint density at radius 2 is 2.33 bits per heavy atom. The highest BCUT2D eigenvalue weighted by atomic mass is 79.9. The van der Waals surface area contributed by atoms with E-state index in [0.717, 1.165) is 29.5 Å². The lowest BCUT2D eigenvalue weighted by Gasteiger charge is -2.31. The molecule has 2 rings (SSSR count). The molecule has 1 atom stereocenters. The molecule has 2 nitrogen and oxygen atoms in total. The van der Waals surface area contributed by atoms with Gasteiger partial charge in [-0.15, -0.1) is 0 Å². The summed E-state index contributed by atoms with van der Waals surface area (Å²) in [6.07, 6.45) is 2.79. The van der Waals surface area contributed by atoms with Crippen LogP contribution in [0.4, 0.5) is 0 Å². The Morgan fingerprint density at radius 3 is 3.00 bits per heavy atom. The van der Waals surface area contributed by atoms with Crippen molar-refractivity contribution in [2.24, 2.45) is 5.92 Å². The largest absolute Gasteiger partial charge is 0.342 e. The standard InChI is InChI=1S/C14H17BrClNO/c1-10-3-2-6-17(9-10)14(18)8-11-4-5-12(15)13(16)7-11/h4-5,7,10H,2-3,6,8-9H2,1H3. The van der Waals surface area contributed by atoms with Crippen molar-refractivity contribution < 1.29 is 4.79 Å². The van der Waals surface area contributed by atoms with Crippen LogP contribution in [0.5, 0.6) is 0 Å². The molecule has 0 bridgehead atoms. The van der Waals surface area contributed by atoms with E-state index in [9.17, 15) is 4.79 Å². The van der Waals surface area contributed by atoms with Crippen LogP contribution in [0.15, 0.2) is 22.7 Å². The Bertz CT molecular complexity index is 449. The van der Waals surface area contributed by atoms with E-state index in [4.69, 9.17) is 11.6 Å². The van der Waals surface area contributed by atoms with Gasteiger partial charge >= 0.3 is 0 Å². The Hall–Kier alpha value is -0.540. The first-order valence-electron chi connectivity index (χ1n) is 6.28. The molecule has 1 aromatic carbocycles. The van der Waals surface area contributed by atoms with Crippen LogP contribution in [0.3, 0.4) is 0 Å². The monoisotopic (exact) mass is 329 g/mol. The smallest absolute Gasteiger partial charge is 0.226 e. The maximum Gasteiger partial charge on any atom is 0.226 e. The first-order chi connectivity index (χ1) is 8.56. The molecule has 1 aliphatic heterocycles. The number of rotatable bonds is 2. The predicted octanol–water partition coefficient (Wildman–Crippen LogP) is 3.90. The third-order valence-electron chi connectivity index (χ3n) is 3.35. The van der Waals surface area contributed by atoms with Gasteiger partial charge in [0.05, 0.1) is 11.4 Å². The van der Waals surface area contributed by atoms with Crippen LogP contribution in [0, 0.1) is 5.92 Å². The summed E-state index contributed by atoms with van der Waals surface area (Å²) in [5.74, 6) is 0.830. The van der Waals surface area contributed by atoms with Gasteiger partial charge in [0.1, 0.15) is 0 Å². The molecule has 1 amide bonds. The van der Waals surface area contributed by atoms with E-state index in [1.54, 1.807) is 0 Å². The summed E-state index contributed by atoms with van der Waals surface area (Å²) < 4.78 is 0.868. The Balaban J connectivity index is 2.00. The Morgan fingerprint density at radius 1 is 1.56 bits per heavy atom. The number of carbonyl (C=O) groups is 1. The van der Waals surface area contributed by atoms with Gasteiger partial charge in [0.25, 0.3) is 0 Å². The summed E-state index contributed by atoms with van der Waals surface area (Å²) in [5.41, 5.74) is 0.978. The summed E-state index contributed by atoms with van der Waals surface area (Å²) in [6, 6.07) is 5.70. The molecule has 1 fully saturated rings. The average Bonchev–Trinajstić information content (AvgIpc) is 2.34. The summed E-state index contributed by atoms with van der Waals surface area (Å²) in [5, 5.41) is 0.660. The summed E-state index contributed by atoms with van der Waals surface area (Å²) in [4.78, 5) is 14.2. The van der Waals surface area contributed by atoms with Gasteiger partial charge in [-0.3, -0.25) is 4.79 Å². The van der Waals surface area contributed by atoms with Crippen LogP contribution in [0.1, 0.15) is 25.3 Å². The number of benzene rings is 1. The maximum absolute atomic E-state index is 12.2. The van der Waals surface area contributed by atoms with Crippen LogP contribution in [-0.2, 0) is 11.2 Å². The van der Waals surface area contributed by atoms with Gasteiger partial charge in [-0.1, -0.05) is 24.6 Å². The number of hydrogen-bond acceptors (Lipinski definition) is 1. The quantitative estimate of drug-likeness (QED) is 0.805. The number of halogens is 2. The Labute approximate surface area is 121 Å². The van der Waals surface area contributed by atoms with E-state index >= 15 is 0 Å². The predicted molar refractivity (Wildman–Crippen MR) is 77.8 cm³/mol. The van der Waals surface area contributed by atoms with Crippen molar-refractivity contribution in [1.29, 1.82) is 0 Å². The highest BCUT2D eigenvalue weighted by Crippen LogP contribution is 2.24. The molecule has 0 saturated carbocycles. The summed E-state index contributed by atoms with van der Waals surface area (Å²) in [6.45, 7) is 3.99. The molecular formula is C14H17BrClNO. The molecule has 98 valence electrons. The molecule has 0 N–H and O–H groups in total. The van der Waals surface area contributed by atoms with E-state index in [0.29, 0.717) is 17.4 Å². The maximum atomic E-state index is 12.2. The third-order valence-corrected chi connectivity index (χ3v) is 4.58. The van der Waals surface area contributed by atoms with Crippen LogP contribution in [-0.4, -0.2) is 23.9 Å². The number of carbonyl (C=O) groups excluding carboxylic acids is 1. The second-order valence-corrected chi connectivity index (χ2v) is 6.27. The summed E-state index contributed by atoms with van der Waals surface area (Å²) in [7, 11) is 0. The highest BCUT2D eigenvalue weighted by molar-refractivity contribution is 9.10. The van der Waals surface area contributed by atoms with Gasteiger partial charge in [-0.25, -0.2) is 0 Å². The lowest BCUT2D eigenvalue weighted by atomic mass is 9.99. The molecule has 1 unspecified atom stereocenters. The average molecular weight is 331 g/mol. The van der Waals surface area contributed by atoms with Gasteiger partial charge in [0.15, 0.2) is 0 Å². The fourth-order valence-electron chi connectivity index (χ4n) is 2.35. The highest BCUT2D eigenvalue weighted by Gasteiger charge is 2.20. The van der Waals surface area contributed by atoms with E-state index in [2.05, 4.69) is 22.9 Å². The van der Waals surface area contributed by atoms with Crippen molar-refractivity contribution in [3.05, 3.63) is 33.3 Å². The zero-order valence-electron chi connectivity index (χ0n) is 10.5. The van der Waals surface area contributed by atoms with Crippen molar-refractivity contribution in [3.63, 3.8) is 0 Å². The van der Waals surface area contributed by atoms with Crippen LogP contribution >= 0.6 is 27.5 Å². The lowest BCUT2D eigenvalue weighted by molar-refractivity contribution is -0.132. The number of nitrogens with zero attached hydrogens (tertiary/aromatic N) is 1. The molecule has 1 saturated heterocycles. The van der Waals surface area contributed by atoms with Crippen LogP contribution in [0.2, 0.25) is 5.02 Å². The summed E-state index contributed by atoms with van der Waals surface area (Å²) >= 11 is 9.39. The molecule has 1 aliphatic rings. The first-order valence-corrected chi connectivity index (χ1v) is 7.45. The van der Waals surface area contributed by atoms with Crippen LogP contribution in [0.25, 0.3) is 0 Å². The van der Waals surface area contributed by atoms with Gasteiger partial charge in [0.2, 0.25) is 5.91 Å². The molecular weight excluding hydrogens is 314 g/mol. The normalized spacial score (nSPS) is 19.9. The lowest BCUT2D eigenvalue weighted by Crippen LogP contribution is -2.39. The van der Waals surface area contributed by atoms with Crippen molar-refractivity contribution in [1.82, 2.24) is 4.90 Å². The van der Waals surface area contributed by atoms with Crippen molar-refractivity contribution in [2.75, 3.05) is 13.1 Å². The fourth-order valence-corrected chi connectivity index (χ4v) is 2.80. The minimum atomic E-state index is 0.208. The number of amides is 1. The second-order valence-electron chi connectivity index (χ2n) is 5.01. The van der Waals surface area contributed by atoms with Gasteiger partial charge in [0, 0.05) is 17.6 Å². The molecule has 0 aromatic heterocycles. The zero-order valence-corrected chi connectivity index (χ0v) is 12.8. The number of likely N-dealkylation sites (tertiary alicyclic amines) is 1. The minimum absolute atomic E-state index is 0.208. The molecule has 4 heteroatoms. The first kappa shape index (κ1) is 13.9. The van der Waals surface area contributed by atoms with Gasteiger partial charge in [-0.05, 0) is 52.4 Å². The van der Waals surface area contributed by atoms with Crippen molar-refractivity contribution in [3.8, 4) is 0 Å². The molecule has 18 heavy (non-hydrogen) atoms. The van der Waals surface area contributed by atoms with Crippen molar-refractivity contribution in [2.45, 2.75) is 26.2 Å². The SMILES string of the molecule is CC1CCCN(C(=O)Cc2ccc(Br)c(Cl)c2)C1. The number of piperidine rings is 1. The number of hydrogen-bond donors (Lipinski definition) is 0. The third kappa shape index (κ3) is 3.48. The van der Waals surface area contributed by atoms with E-state index < -0.39 is 0 Å². The molecule has 1 heterocycles. The van der Waals surface area contributed by atoms with Gasteiger partial charge in [-0.2, -0.15) is 0 Å². The van der Waals surface area contributed by atoms with E-state index in [1.807, 2.05) is 23.1 Å². The molecule has 0 aliphatic carbocycles. The second kappa shape index (κ2) is 6.07. The fraction of sp³-hybridized carbons (Fsp3) is 0.500. The van der Waals surface area contributed by atoms with Crippen LogP contribution < -0.4 is 0 Å². The van der Waals surface area contributed by atoms with Gasteiger partial charge < -0.3 is 4.90 Å². The van der Waals surface area contributed by atoms with Crippen molar-refractivity contribution >= 4 is 33.4 Å². The zero-order chi connectivity index (χ0) is 13.1. The molecule has 1 aromatic rings.